The van der Waals surface area contributed by atoms with Crippen LogP contribution >= 0.6 is 0 Å². The van der Waals surface area contributed by atoms with Crippen molar-refractivity contribution in [2.24, 2.45) is 7.05 Å². The van der Waals surface area contributed by atoms with Crippen LogP contribution in [0.4, 0.5) is 5.69 Å². The highest BCUT2D eigenvalue weighted by atomic mass is 16.2. The van der Waals surface area contributed by atoms with Crippen LogP contribution in [-0.4, -0.2) is 28.1 Å². The molecule has 1 aromatic carbocycles. The molecule has 0 aliphatic rings. The molecular formula is C17H22N4O2. The summed E-state index contributed by atoms with van der Waals surface area (Å²) >= 11 is 0. The molecule has 6 nitrogen and oxygen atoms in total. The van der Waals surface area contributed by atoms with Crippen LogP contribution < -0.4 is 10.6 Å². The lowest BCUT2D eigenvalue weighted by atomic mass is 10.1. The summed E-state index contributed by atoms with van der Waals surface area (Å²) in [5.74, 6) is -0.278. The van der Waals surface area contributed by atoms with Crippen molar-refractivity contribution < 1.29 is 9.59 Å². The second-order valence-electron chi connectivity index (χ2n) is 5.44. The third-order valence-corrected chi connectivity index (χ3v) is 3.74. The number of aromatic nitrogens is 2. The third-order valence-electron chi connectivity index (χ3n) is 3.74. The van der Waals surface area contributed by atoms with E-state index < -0.39 is 0 Å². The number of hydrogen-bond donors (Lipinski definition) is 2. The molecule has 1 aromatic heterocycles. The minimum atomic E-state index is -0.150. The van der Waals surface area contributed by atoms with Gasteiger partial charge >= 0.3 is 0 Å². The predicted molar refractivity (Wildman–Crippen MR) is 89.5 cm³/mol. The Labute approximate surface area is 135 Å². The number of rotatable bonds is 5. The van der Waals surface area contributed by atoms with Crippen LogP contribution in [0.5, 0.6) is 0 Å². The monoisotopic (exact) mass is 314 g/mol. The van der Waals surface area contributed by atoms with E-state index in [-0.39, 0.29) is 18.2 Å². The molecule has 0 radical (unpaired) electrons. The molecule has 6 heteroatoms. The van der Waals surface area contributed by atoms with Gasteiger partial charge in [0.2, 0.25) is 5.91 Å². The van der Waals surface area contributed by atoms with Gasteiger partial charge in [-0.2, -0.15) is 5.10 Å². The topological polar surface area (TPSA) is 76.0 Å². The van der Waals surface area contributed by atoms with E-state index in [1.807, 2.05) is 27.8 Å². The van der Waals surface area contributed by atoms with E-state index in [1.54, 1.807) is 28.9 Å². The molecule has 0 aliphatic carbocycles. The van der Waals surface area contributed by atoms with E-state index in [0.29, 0.717) is 17.8 Å². The fourth-order valence-corrected chi connectivity index (χ4v) is 2.44. The minimum Gasteiger partial charge on any atom is -0.352 e. The van der Waals surface area contributed by atoms with Crippen molar-refractivity contribution in [1.82, 2.24) is 15.1 Å². The summed E-state index contributed by atoms with van der Waals surface area (Å²) in [6.07, 6.45) is 0.261. The van der Waals surface area contributed by atoms with Gasteiger partial charge in [0.25, 0.3) is 5.91 Å². The van der Waals surface area contributed by atoms with E-state index in [0.717, 1.165) is 17.0 Å². The van der Waals surface area contributed by atoms with E-state index in [1.165, 1.54) is 0 Å². The van der Waals surface area contributed by atoms with Crippen molar-refractivity contribution in [3.63, 3.8) is 0 Å². The zero-order valence-electron chi connectivity index (χ0n) is 13.9. The first-order valence-corrected chi connectivity index (χ1v) is 7.59. The van der Waals surface area contributed by atoms with Crippen molar-refractivity contribution in [3.8, 4) is 0 Å². The maximum Gasteiger partial charge on any atom is 0.251 e. The lowest BCUT2D eigenvalue weighted by Gasteiger charge is -2.08. The van der Waals surface area contributed by atoms with Gasteiger partial charge in [0.1, 0.15) is 0 Å². The second-order valence-corrected chi connectivity index (χ2v) is 5.44. The van der Waals surface area contributed by atoms with Crippen molar-refractivity contribution in [2.75, 3.05) is 11.9 Å². The average molecular weight is 314 g/mol. The highest BCUT2D eigenvalue weighted by molar-refractivity contribution is 5.97. The Bertz CT molecular complexity index is 734. The first-order chi connectivity index (χ1) is 10.9. The van der Waals surface area contributed by atoms with Crippen molar-refractivity contribution in [1.29, 1.82) is 0 Å². The number of aryl methyl sites for hydroxylation is 2. The van der Waals surface area contributed by atoms with Crippen molar-refractivity contribution >= 4 is 17.5 Å². The largest absolute Gasteiger partial charge is 0.352 e. The summed E-state index contributed by atoms with van der Waals surface area (Å²) in [4.78, 5) is 24.1. The standard InChI is InChI=1S/C17H22N4O2/c1-5-18-17(23)13-7-6-8-14(9-13)19-16(22)10-15-11(2)20-21(4)12(15)3/h6-9H,5,10H2,1-4H3,(H,18,23)(H,19,22). The Balaban J connectivity index is 2.08. The first-order valence-electron chi connectivity index (χ1n) is 7.59. The van der Waals surface area contributed by atoms with Gasteiger partial charge in [-0.25, -0.2) is 0 Å². The molecule has 2 rings (SSSR count). The Morgan fingerprint density at radius 2 is 2.00 bits per heavy atom. The van der Waals surface area contributed by atoms with Crippen LogP contribution in [0.25, 0.3) is 0 Å². The molecule has 0 atom stereocenters. The average Bonchev–Trinajstić information content (AvgIpc) is 2.74. The van der Waals surface area contributed by atoms with Crippen molar-refractivity contribution in [2.45, 2.75) is 27.2 Å². The fourth-order valence-electron chi connectivity index (χ4n) is 2.44. The number of amides is 2. The van der Waals surface area contributed by atoms with Crippen LogP contribution in [0.1, 0.15) is 34.2 Å². The van der Waals surface area contributed by atoms with Gasteiger partial charge in [-0.15, -0.1) is 0 Å². The molecule has 0 saturated heterocycles. The number of nitrogens with one attached hydrogen (secondary N) is 2. The zero-order chi connectivity index (χ0) is 17.0. The molecule has 1 heterocycles. The van der Waals surface area contributed by atoms with E-state index in [9.17, 15) is 9.59 Å². The number of anilines is 1. The van der Waals surface area contributed by atoms with Crippen LogP contribution in [-0.2, 0) is 18.3 Å². The van der Waals surface area contributed by atoms with Crippen molar-refractivity contribution in [3.05, 3.63) is 46.8 Å². The number of carbonyl (C=O) groups is 2. The number of nitrogens with zero attached hydrogens (tertiary/aromatic N) is 2. The molecule has 0 bridgehead atoms. The van der Waals surface area contributed by atoms with Gasteiger partial charge < -0.3 is 10.6 Å². The third kappa shape index (κ3) is 3.97. The van der Waals surface area contributed by atoms with E-state index in [4.69, 9.17) is 0 Å². The number of benzene rings is 1. The molecule has 2 N–H and O–H groups in total. The van der Waals surface area contributed by atoms with Crippen LogP contribution in [0.15, 0.2) is 24.3 Å². The molecule has 0 spiro atoms. The first kappa shape index (κ1) is 16.7. The van der Waals surface area contributed by atoms with Gasteiger partial charge in [0.05, 0.1) is 12.1 Å². The zero-order valence-corrected chi connectivity index (χ0v) is 13.9. The molecule has 122 valence electrons. The summed E-state index contributed by atoms with van der Waals surface area (Å²) < 4.78 is 1.77. The molecule has 2 amide bonds. The molecule has 23 heavy (non-hydrogen) atoms. The van der Waals surface area contributed by atoms with Gasteiger partial charge in [0.15, 0.2) is 0 Å². The van der Waals surface area contributed by atoms with Crippen LogP contribution in [0.3, 0.4) is 0 Å². The number of carbonyl (C=O) groups excluding carboxylic acids is 2. The number of hydrogen-bond acceptors (Lipinski definition) is 3. The summed E-state index contributed by atoms with van der Waals surface area (Å²) in [7, 11) is 1.86. The van der Waals surface area contributed by atoms with Gasteiger partial charge in [-0.1, -0.05) is 6.07 Å². The highest BCUT2D eigenvalue weighted by Crippen LogP contribution is 2.15. The Morgan fingerprint density at radius 3 is 2.61 bits per heavy atom. The Hall–Kier alpha value is -2.63. The maximum atomic E-state index is 12.3. The molecule has 0 aliphatic heterocycles. The fraction of sp³-hybridized carbons (Fsp3) is 0.353. The SMILES string of the molecule is CCNC(=O)c1cccc(NC(=O)Cc2c(C)nn(C)c2C)c1. The predicted octanol–water partition coefficient (Wildman–Crippen LogP) is 1.97. The summed E-state index contributed by atoms with van der Waals surface area (Å²) in [6.45, 7) is 6.26. The van der Waals surface area contributed by atoms with Gasteiger partial charge in [0, 0.05) is 36.1 Å². The Kier molecular flexibility index (Phi) is 5.16. The highest BCUT2D eigenvalue weighted by Gasteiger charge is 2.14. The molecule has 0 fully saturated rings. The van der Waals surface area contributed by atoms with Crippen LogP contribution in [0.2, 0.25) is 0 Å². The summed E-state index contributed by atoms with van der Waals surface area (Å²) in [6, 6.07) is 6.91. The van der Waals surface area contributed by atoms with Gasteiger partial charge in [-0.05, 0) is 39.0 Å². The second kappa shape index (κ2) is 7.09. The normalized spacial score (nSPS) is 10.4. The van der Waals surface area contributed by atoms with Gasteiger partial charge in [-0.3, -0.25) is 14.3 Å². The summed E-state index contributed by atoms with van der Waals surface area (Å²) in [5.41, 5.74) is 3.91. The molecule has 0 unspecified atom stereocenters. The molecule has 0 saturated carbocycles. The van der Waals surface area contributed by atoms with Crippen LogP contribution in [0, 0.1) is 13.8 Å². The lowest BCUT2D eigenvalue weighted by Crippen LogP contribution is -2.23. The van der Waals surface area contributed by atoms with E-state index in [2.05, 4.69) is 15.7 Å². The molecule has 2 aromatic rings. The smallest absolute Gasteiger partial charge is 0.251 e. The Morgan fingerprint density at radius 1 is 1.26 bits per heavy atom. The summed E-state index contributed by atoms with van der Waals surface area (Å²) in [5, 5.41) is 9.88. The van der Waals surface area contributed by atoms with E-state index >= 15 is 0 Å². The minimum absolute atomic E-state index is 0.128. The quantitative estimate of drug-likeness (QED) is 0.886. The lowest BCUT2D eigenvalue weighted by molar-refractivity contribution is -0.115. The maximum absolute atomic E-state index is 12.3. The molecular weight excluding hydrogens is 292 g/mol.